The lowest BCUT2D eigenvalue weighted by molar-refractivity contribution is 0.439. The Bertz CT molecular complexity index is 544. The molecule has 0 spiro atoms. The predicted octanol–water partition coefficient (Wildman–Crippen LogP) is 3.15. The molecule has 2 nitrogen and oxygen atoms in total. The number of H-pyrrole nitrogens is 1. The lowest BCUT2D eigenvalue weighted by atomic mass is 9.86. The van der Waals surface area contributed by atoms with Crippen molar-refractivity contribution >= 4 is 22.5 Å². The van der Waals surface area contributed by atoms with Gasteiger partial charge in [0.2, 0.25) is 0 Å². The Hall–Kier alpha value is -0.990. The number of fused-ring (bicyclic) bond motifs is 3. The number of hydrogen-bond acceptors (Lipinski definition) is 1. The Morgan fingerprint density at radius 3 is 3.18 bits per heavy atom. The van der Waals surface area contributed by atoms with E-state index < -0.39 is 0 Å². The van der Waals surface area contributed by atoms with Crippen LogP contribution in [0.3, 0.4) is 0 Å². The average molecular weight is 249 g/mol. The number of halogens is 1. The first-order valence-corrected chi connectivity index (χ1v) is 6.59. The van der Waals surface area contributed by atoms with Crippen molar-refractivity contribution in [3.63, 3.8) is 0 Å². The largest absolute Gasteiger partial charge is 0.358 e. The Morgan fingerprint density at radius 2 is 2.35 bits per heavy atom. The van der Waals surface area contributed by atoms with Gasteiger partial charge in [-0.15, -0.1) is 0 Å². The molecule has 0 radical (unpaired) electrons. The average Bonchev–Trinajstić information content (AvgIpc) is 2.66. The molecular weight excluding hydrogens is 232 g/mol. The topological polar surface area (TPSA) is 27.8 Å². The molecule has 1 aromatic heterocycles. The summed E-state index contributed by atoms with van der Waals surface area (Å²) in [7, 11) is 2.03. The van der Waals surface area contributed by atoms with Gasteiger partial charge in [-0.25, -0.2) is 0 Å². The zero-order valence-electron chi connectivity index (χ0n) is 10.0. The van der Waals surface area contributed by atoms with E-state index in [9.17, 15) is 0 Å². The Morgan fingerprint density at radius 1 is 1.47 bits per heavy atom. The molecule has 90 valence electrons. The molecule has 1 unspecified atom stereocenters. The monoisotopic (exact) mass is 248 g/mol. The number of aromatic amines is 1. The van der Waals surface area contributed by atoms with Crippen LogP contribution in [0.1, 0.15) is 17.7 Å². The van der Waals surface area contributed by atoms with Crippen molar-refractivity contribution in [2.45, 2.75) is 19.3 Å². The summed E-state index contributed by atoms with van der Waals surface area (Å²) in [6.07, 6.45) is 3.61. The van der Waals surface area contributed by atoms with E-state index >= 15 is 0 Å². The van der Waals surface area contributed by atoms with E-state index in [1.807, 2.05) is 19.2 Å². The lowest BCUT2D eigenvalue weighted by Gasteiger charge is -2.22. The summed E-state index contributed by atoms with van der Waals surface area (Å²) in [5.41, 5.74) is 4.10. The Balaban J connectivity index is 2.03. The fourth-order valence-corrected chi connectivity index (χ4v) is 3.10. The highest BCUT2D eigenvalue weighted by molar-refractivity contribution is 6.31. The highest BCUT2D eigenvalue weighted by Crippen LogP contribution is 2.32. The van der Waals surface area contributed by atoms with Gasteiger partial charge < -0.3 is 10.3 Å². The molecule has 1 aliphatic carbocycles. The van der Waals surface area contributed by atoms with Gasteiger partial charge in [0.1, 0.15) is 0 Å². The third kappa shape index (κ3) is 1.96. The molecule has 0 aliphatic heterocycles. The van der Waals surface area contributed by atoms with Crippen LogP contribution in [0.5, 0.6) is 0 Å². The molecular formula is C14H17ClN2. The normalized spacial score (nSPS) is 19.5. The van der Waals surface area contributed by atoms with Gasteiger partial charge in [-0.2, -0.15) is 0 Å². The van der Waals surface area contributed by atoms with Crippen LogP contribution in [-0.4, -0.2) is 18.6 Å². The molecule has 0 saturated heterocycles. The summed E-state index contributed by atoms with van der Waals surface area (Å²) >= 11 is 6.03. The van der Waals surface area contributed by atoms with Gasteiger partial charge in [0.15, 0.2) is 0 Å². The van der Waals surface area contributed by atoms with Crippen LogP contribution in [0.25, 0.3) is 10.9 Å². The van der Waals surface area contributed by atoms with Crippen LogP contribution in [0.4, 0.5) is 0 Å². The fourth-order valence-electron chi connectivity index (χ4n) is 2.93. The minimum Gasteiger partial charge on any atom is -0.358 e. The van der Waals surface area contributed by atoms with E-state index in [0.29, 0.717) is 0 Å². The molecule has 3 rings (SSSR count). The second-order valence-electron chi connectivity index (χ2n) is 4.94. The van der Waals surface area contributed by atoms with E-state index in [0.717, 1.165) is 23.9 Å². The van der Waals surface area contributed by atoms with Gasteiger partial charge >= 0.3 is 0 Å². The molecule has 2 aromatic rings. The zero-order chi connectivity index (χ0) is 11.8. The maximum absolute atomic E-state index is 6.03. The smallest absolute Gasteiger partial charge is 0.0473 e. The molecule has 1 aromatic carbocycles. The predicted molar refractivity (Wildman–Crippen MR) is 72.8 cm³/mol. The standard InChI is InChI=1S/C14H17ClN2/c1-16-8-9-2-5-13-12(6-9)11-4-3-10(15)7-14(11)17-13/h3-4,7,9,16-17H,2,5-6,8H2,1H3. The third-order valence-corrected chi connectivity index (χ3v) is 3.98. The van der Waals surface area contributed by atoms with E-state index in [4.69, 9.17) is 11.6 Å². The van der Waals surface area contributed by atoms with Gasteiger partial charge in [0.25, 0.3) is 0 Å². The van der Waals surface area contributed by atoms with Crippen molar-refractivity contribution in [1.29, 1.82) is 0 Å². The fraction of sp³-hybridized carbons (Fsp3) is 0.429. The summed E-state index contributed by atoms with van der Waals surface area (Å²) in [6.45, 7) is 1.11. The number of aromatic nitrogens is 1. The van der Waals surface area contributed by atoms with Crippen LogP contribution in [-0.2, 0) is 12.8 Å². The zero-order valence-corrected chi connectivity index (χ0v) is 10.8. The first-order chi connectivity index (χ1) is 8.28. The van der Waals surface area contributed by atoms with Gasteiger partial charge in [-0.05, 0) is 56.5 Å². The number of nitrogens with one attached hydrogen (secondary N) is 2. The van der Waals surface area contributed by atoms with E-state index in [1.54, 1.807) is 0 Å². The van der Waals surface area contributed by atoms with Crippen LogP contribution in [0, 0.1) is 5.92 Å². The molecule has 0 saturated carbocycles. The number of benzene rings is 1. The summed E-state index contributed by atoms with van der Waals surface area (Å²) in [5.74, 6) is 0.766. The van der Waals surface area contributed by atoms with Gasteiger partial charge in [-0.1, -0.05) is 17.7 Å². The number of rotatable bonds is 2. The molecule has 1 heterocycles. The number of hydrogen-bond donors (Lipinski definition) is 2. The van der Waals surface area contributed by atoms with Gasteiger partial charge in [0.05, 0.1) is 0 Å². The lowest BCUT2D eigenvalue weighted by Crippen LogP contribution is -2.24. The maximum atomic E-state index is 6.03. The summed E-state index contributed by atoms with van der Waals surface area (Å²) in [5, 5.41) is 5.45. The van der Waals surface area contributed by atoms with Gasteiger partial charge in [0, 0.05) is 21.6 Å². The van der Waals surface area contributed by atoms with Crippen LogP contribution in [0.2, 0.25) is 5.02 Å². The van der Waals surface area contributed by atoms with Crippen LogP contribution < -0.4 is 5.32 Å². The van der Waals surface area contributed by atoms with E-state index in [1.165, 1.54) is 35.0 Å². The van der Waals surface area contributed by atoms with Crippen molar-refractivity contribution in [2.24, 2.45) is 5.92 Å². The van der Waals surface area contributed by atoms with Crippen molar-refractivity contribution in [1.82, 2.24) is 10.3 Å². The van der Waals surface area contributed by atoms with E-state index in [2.05, 4.69) is 16.4 Å². The molecule has 0 fully saturated rings. The van der Waals surface area contributed by atoms with E-state index in [-0.39, 0.29) is 0 Å². The Labute approximate surface area is 106 Å². The molecule has 1 atom stereocenters. The highest BCUT2D eigenvalue weighted by atomic mass is 35.5. The molecule has 1 aliphatic rings. The quantitative estimate of drug-likeness (QED) is 0.840. The number of aryl methyl sites for hydroxylation is 1. The SMILES string of the molecule is CNCC1CCc2[nH]c3cc(Cl)ccc3c2C1. The third-order valence-electron chi connectivity index (χ3n) is 3.74. The van der Waals surface area contributed by atoms with Crippen molar-refractivity contribution < 1.29 is 0 Å². The minimum atomic E-state index is 0.766. The van der Waals surface area contributed by atoms with Crippen molar-refractivity contribution in [3.05, 3.63) is 34.5 Å². The second kappa shape index (κ2) is 4.35. The van der Waals surface area contributed by atoms with Crippen molar-refractivity contribution in [2.75, 3.05) is 13.6 Å². The molecule has 3 heteroatoms. The van der Waals surface area contributed by atoms with Gasteiger partial charge in [-0.3, -0.25) is 0 Å². The summed E-state index contributed by atoms with van der Waals surface area (Å²) in [4.78, 5) is 3.51. The van der Waals surface area contributed by atoms with Crippen LogP contribution >= 0.6 is 11.6 Å². The highest BCUT2D eigenvalue weighted by Gasteiger charge is 2.21. The molecule has 17 heavy (non-hydrogen) atoms. The summed E-state index contributed by atoms with van der Waals surface area (Å²) in [6, 6.07) is 6.16. The van der Waals surface area contributed by atoms with Crippen LogP contribution in [0.15, 0.2) is 18.2 Å². The molecule has 0 amide bonds. The molecule has 2 N–H and O–H groups in total. The first kappa shape index (κ1) is 11.1. The molecule has 0 bridgehead atoms. The minimum absolute atomic E-state index is 0.766. The maximum Gasteiger partial charge on any atom is 0.0473 e. The second-order valence-corrected chi connectivity index (χ2v) is 5.37. The Kier molecular flexibility index (Phi) is 2.85. The summed E-state index contributed by atoms with van der Waals surface area (Å²) < 4.78 is 0. The first-order valence-electron chi connectivity index (χ1n) is 6.21. The van der Waals surface area contributed by atoms with Crippen molar-refractivity contribution in [3.8, 4) is 0 Å².